The maximum absolute atomic E-state index is 12.0. The standard InChI is InChI=1S/C10H10FNO2/c1-6-3-2-4-7-8(6)9(13)12-10(7)14-5-11/h2-4,10H,5H2,1H3,(H,12,13). The van der Waals surface area contributed by atoms with Crippen LogP contribution in [0.2, 0.25) is 0 Å². The van der Waals surface area contributed by atoms with Crippen molar-refractivity contribution in [3.8, 4) is 0 Å². The lowest BCUT2D eigenvalue weighted by Gasteiger charge is -2.09. The molecular weight excluding hydrogens is 185 g/mol. The summed E-state index contributed by atoms with van der Waals surface area (Å²) >= 11 is 0. The molecule has 0 aliphatic carbocycles. The lowest BCUT2D eigenvalue weighted by Crippen LogP contribution is -2.21. The fourth-order valence-corrected chi connectivity index (χ4v) is 1.68. The number of benzene rings is 1. The molecule has 0 spiro atoms. The second-order valence-electron chi connectivity index (χ2n) is 3.17. The highest BCUT2D eigenvalue weighted by atomic mass is 19.1. The Kier molecular flexibility index (Phi) is 2.21. The molecule has 1 aliphatic heterocycles. The molecule has 1 heterocycles. The molecule has 3 nitrogen and oxygen atoms in total. The topological polar surface area (TPSA) is 38.3 Å². The van der Waals surface area contributed by atoms with Crippen LogP contribution in [0.15, 0.2) is 18.2 Å². The van der Waals surface area contributed by atoms with Crippen molar-refractivity contribution in [2.75, 3.05) is 6.86 Å². The predicted octanol–water partition coefficient (Wildman–Crippen LogP) is 1.68. The van der Waals surface area contributed by atoms with Gasteiger partial charge >= 0.3 is 0 Å². The smallest absolute Gasteiger partial charge is 0.254 e. The number of rotatable bonds is 2. The molecule has 0 radical (unpaired) electrons. The van der Waals surface area contributed by atoms with Crippen LogP contribution in [0.4, 0.5) is 4.39 Å². The van der Waals surface area contributed by atoms with Crippen LogP contribution < -0.4 is 5.32 Å². The summed E-state index contributed by atoms with van der Waals surface area (Å²) in [4.78, 5) is 11.5. The van der Waals surface area contributed by atoms with Gasteiger partial charge in [0.2, 0.25) is 0 Å². The third-order valence-electron chi connectivity index (χ3n) is 2.31. The third kappa shape index (κ3) is 1.28. The van der Waals surface area contributed by atoms with Crippen molar-refractivity contribution in [3.63, 3.8) is 0 Å². The summed E-state index contributed by atoms with van der Waals surface area (Å²) in [5.41, 5.74) is 2.20. The number of carbonyl (C=O) groups is 1. The van der Waals surface area contributed by atoms with Crippen LogP contribution in [0.25, 0.3) is 0 Å². The molecule has 1 unspecified atom stereocenters. The maximum Gasteiger partial charge on any atom is 0.254 e. The monoisotopic (exact) mass is 195 g/mol. The SMILES string of the molecule is Cc1cccc2c1C(=O)NC2OCF. The van der Waals surface area contributed by atoms with Crippen LogP contribution in [0.5, 0.6) is 0 Å². The summed E-state index contributed by atoms with van der Waals surface area (Å²) in [5, 5.41) is 2.56. The van der Waals surface area contributed by atoms with Crippen molar-refractivity contribution in [2.45, 2.75) is 13.2 Å². The van der Waals surface area contributed by atoms with Crippen molar-refractivity contribution in [1.82, 2.24) is 5.32 Å². The van der Waals surface area contributed by atoms with Gasteiger partial charge in [0, 0.05) is 5.56 Å². The lowest BCUT2D eigenvalue weighted by molar-refractivity contribution is -0.0156. The molecule has 0 fully saturated rings. The number of aryl methyl sites for hydroxylation is 1. The van der Waals surface area contributed by atoms with Gasteiger partial charge in [-0.2, -0.15) is 0 Å². The maximum atomic E-state index is 12.0. The van der Waals surface area contributed by atoms with Gasteiger partial charge in [-0.15, -0.1) is 0 Å². The second-order valence-corrected chi connectivity index (χ2v) is 3.17. The van der Waals surface area contributed by atoms with Gasteiger partial charge < -0.3 is 10.1 Å². The number of halogens is 1. The molecule has 1 N–H and O–H groups in total. The first-order chi connectivity index (χ1) is 6.74. The zero-order chi connectivity index (χ0) is 10.1. The van der Waals surface area contributed by atoms with Gasteiger partial charge in [-0.25, -0.2) is 4.39 Å². The Morgan fingerprint density at radius 2 is 2.36 bits per heavy atom. The average Bonchev–Trinajstić information content (AvgIpc) is 2.46. The molecular formula is C10H10FNO2. The van der Waals surface area contributed by atoms with Crippen molar-refractivity contribution < 1.29 is 13.9 Å². The minimum absolute atomic E-state index is 0.198. The Bertz CT molecular complexity index is 378. The largest absolute Gasteiger partial charge is 0.323 e. The van der Waals surface area contributed by atoms with Gasteiger partial charge in [0.25, 0.3) is 5.91 Å². The van der Waals surface area contributed by atoms with Crippen molar-refractivity contribution in [1.29, 1.82) is 0 Å². The summed E-state index contributed by atoms with van der Waals surface area (Å²) in [6.07, 6.45) is -0.637. The zero-order valence-electron chi connectivity index (χ0n) is 7.71. The number of hydrogen-bond acceptors (Lipinski definition) is 2. The molecule has 0 bridgehead atoms. The van der Waals surface area contributed by atoms with E-state index in [4.69, 9.17) is 4.74 Å². The second kappa shape index (κ2) is 3.38. The van der Waals surface area contributed by atoms with Crippen LogP contribution >= 0.6 is 0 Å². The first-order valence-electron chi connectivity index (χ1n) is 4.32. The molecule has 0 saturated heterocycles. The summed E-state index contributed by atoms with van der Waals surface area (Å²) < 4.78 is 16.7. The van der Waals surface area contributed by atoms with Crippen LogP contribution in [-0.4, -0.2) is 12.8 Å². The van der Waals surface area contributed by atoms with E-state index in [0.717, 1.165) is 5.56 Å². The number of ether oxygens (including phenoxy) is 1. The number of alkyl halides is 1. The van der Waals surface area contributed by atoms with E-state index in [1.165, 1.54) is 0 Å². The van der Waals surface area contributed by atoms with Gasteiger partial charge in [0.1, 0.15) is 0 Å². The number of hydrogen-bond donors (Lipinski definition) is 1. The molecule has 4 heteroatoms. The number of fused-ring (bicyclic) bond motifs is 1. The third-order valence-corrected chi connectivity index (χ3v) is 2.31. The average molecular weight is 195 g/mol. The van der Waals surface area contributed by atoms with Crippen molar-refractivity contribution in [2.24, 2.45) is 0 Å². The molecule has 1 aromatic rings. The first kappa shape index (κ1) is 9.15. The molecule has 1 aliphatic rings. The summed E-state index contributed by atoms with van der Waals surface area (Å²) in [5.74, 6) is -0.198. The van der Waals surface area contributed by atoms with E-state index in [2.05, 4.69) is 5.32 Å². The van der Waals surface area contributed by atoms with E-state index < -0.39 is 13.1 Å². The van der Waals surface area contributed by atoms with Crippen LogP contribution in [0.1, 0.15) is 27.7 Å². The highest BCUT2D eigenvalue weighted by Crippen LogP contribution is 2.28. The highest BCUT2D eigenvalue weighted by molar-refractivity contribution is 6.00. The summed E-state index contributed by atoms with van der Waals surface area (Å²) in [6.45, 7) is 0.939. The quantitative estimate of drug-likeness (QED) is 0.779. The lowest BCUT2D eigenvalue weighted by atomic mass is 10.0. The van der Waals surface area contributed by atoms with Gasteiger partial charge in [0.15, 0.2) is 13.1 Å². The number of carbonyl (C=O) groups excluding carboxylic acids is 1. The first-order valence-corrected chi connectivity index (χ1v) is 4.32. The van der Waals surface area contributed by atoms with E-state index >= 15 is 0 Å². The normalized spacial score (nSPS) is 19.3. The fourth-order valence-electron chi connectivity index (χ4n) is 1.68. The molecule has 1 aromatic carbocycles. The summed E-state index contributed by atoms with van der Waals surface area (Å²) in [6, 6.07) is 5.43. The minimum atomic E-state index is -0.904. The van der Waals surface area contributed by atoms with E-state index in [1.807, 2.05) is 19.1 Å². The molecule has 74 valence electrons. The van der Waals surface area contributed by atoms with Gasteiger partial charge in [-0.3, -0.25) is 4.79 Å². The van der Waals surface area contributed by atoms with Gasteiger partial charge in [0.05, 0.1) is 5.56 Å². The number of nitrogens with one attached hydrogen (secondary N) is 1. The molecule has 0 aromatic heterocycles. The van der Waals surface area contributed by atoms with Crippen LogP contribution in [0, 0.1) is 6.92 Å². The van der Waals surface area contributed by atoms with E-state index in [9.17, 15) is 9.18 Å². The minimum Gasteiger partial charge on any atom is -0.323 e. The van der Waals surface area contributed by atoms with Crippen LogP contribution in [-0.2, 0) is 4.74 Å². The highest BCUT2D eigenvalue weighted by Gasteiger charge is 2.30. The van der Waals surface area contributed by atoms with Crippen molar-refractivity contribution in [3.05, 3.63) is 34.9 Å². The van der Waals surface area contributed by atoms with Crippen LogP contribution in [0.3, 0.4) is 0 Å². The number of amides is 1. The predicted molar refractivity (Wildman–Crippen MR) is 48.4 cm³/mol. The van der Waals surface area contributed by atoms with Gasteiger partial charge in [-0.1, -0.05) is 18.2 Å². The Hall–Kier alpha value is -1.42. The summed E-state index contributed by atoms with van der Waals surface area (Å²) in [7, 11) is 0. The Morgan fingerprint density at radius 3 is 3.07 bits per heavy atom. The molecule has 14 heavy (non-hydrogen) atoms. The van der Waals surface area contributed by atoms with Crippen molar-refractivity contribution >= 4 is 5.91 Å². The van der Waals surface area contributed by atoms with Gasteiger partial charge in [-0.05, 0) is 12.5 Å². The molecule has 1 atom stereocenters. The molecule has 0 saturated carbocycles. The molecule has 2 rings (SSSR count). The zero-order valence-corrected chi connectivity index (χ0v) is 7.71. The van der Waals surface area contributed by atoms with E-state index in [0.29, 0.717) is 11.1 Å². The van der Waals surface area contributed by atoms with E-state index in [-0.39, 0.29) is 5.91 Å². The Morgan fingerprint density at radius 1 is 1.57 bits per heavy atom. The van der Waals surface area contributed by atoms with E-state index in [1.54, 1.807) is 6.07 Å². The Labute approximate surface area is 80.9 Å². The molecule has 1 amide bonds. The fraction of sp³-hybridized carbons (Fsp3) is 0.300. The Balaban J connectivity index is 2.44.